The first kappa shape index (κ1) is 14.3. The second kappa shape index (κ2) is 5.71. The molecule has 0 saturated heterocycles. The number of nitrogens with zero attached hydrogens (tertiary/aromatic N) is 2. The first-order valence-corrected chi connectivity index (χ1v) is 8.24. The van der Waals surface area contributed by atoms with Crippen molar-refractivity contribution in [1.82, 2.24) is 4.57 Å². The van der Waals surface area contributed by atoms with Crippen LogP contribution in [0.2, 0.25) is 5.02 Å². The van der Waals surface area contributed by atoms with E-state index in [9.17, 15) is 0 Å². The minimum absolute atomic E-state index is 0.666. The van der Waals surface area contributed by atoms with Gasteiger partial charge in [-0.25, -0.2) is 0 Å². The summed E-state index contributed by atoms with van der Waals surface area (Å²) in [6.07, 6.45) is 3.12. The Hall–Kier alpha value is -2.32. The van der Waals surface area contributed by atoms with Gasteiger partial charge in [0.25, 0.3) is 0 Å². The van der Waals surface area contributed by atoms with Crippen molar-refractivity contribution in [2.75, 3.05) is 0 Å². The van der Waals surface area contributed by atoms with Crippen LogP contribution in [0.25, 0.3) is 5.69 Å². The molecule has 0 saturated carbocycles. The van der Waals surface area contributed by atoms with Crippen molar-refractivity contribution in [2.45, 2.75) is 19.9 Å². The lowest BCUT2D eigenvalue weighted by Gasteiger charge is -2.11. The van der Waals surface area contributed by atoms with Crippen LogP contribution in [-0.2, 0) is 13.0 Å². The largest absolute Gasteiger partial charge is 0.315 e. The third-order valence-electron chi connectivity index (χ3n) is 4.34. The van der Waals surface area contributed by atoms with Crippen molar-refractivity contribution in [1.29, 1.82) is 0 Å². The van der Waals surface area contributed by atoms with E-state index < -0.39 is 0 Å². The number of fused-ring (bicyclic) bond motifs is 3. The molecular formula is C20H17ClN2. The zero-order valence-electron chi connectivity index (χ0n) is 13.0. The van der Waals surface area contributed by atoms with Crippen molar-refractivity contribution < 1.29 is 0 Å². The molecule has 0 atom stereocenters. The van der Waals surface area contributed by atoms with Gasteiger partial charge < -0.3 is 4.57 Å². The highest BCUT2D eigenvalue weighted by molar-refractivity contribution is 6.30. The monoisotopic (exact) mass is 320 g/mol. The molecule has 2 nitrogen and oxygen atoms in total. The predicted molar refractivity (Wildman–Crippen MR) is 95.9 cm³/mol. The van der Waals surface area contributed by atoms with Crippen LogP contribution in [0.1, 0.15) is 29.3 Å². The van der Waals surface area contributed by atoms with Crippen molar-refractivity contribution in [3.8, 4) is 5.69 Å². The third-order valence-corrected chi connectivity index (χ3v) is 4.58. The maximum atomic E-state index is 6.20. The average Bonchev–Trinajstić information content (AvgIpc) is 3.00. The van der Waals surface area contributed by atoms with Gasteiger partial charge >= 0.3 is 0 Å². The molecule has 0 unspecified atom stereocenters. The van der Waals surface area contributed by atoms with E-state index in [1.807, 2.05) is 12.1 Å². The number of rotatable bonds is 2. The molecule has 4 rings (SSSR count). The Bertz CT molecular complexity index is 888. The maximum Gasteiger partial charge on any atom is 0.0891 e. The summed E-state index contributed by atoms with van der Waals surface area (Å²) < 4.78 is 2.18. The van der Waals surface area contributed by atoms with Gasteiger partial charge in [0.1, 0.15) is 0 Å². The summed E-state index contributed by atoms with van der Waals surface area (Å²) in [7, 11) is 0. The Morgan fingerprint density at radius 2 is 1.91 bits per heavy atom. The summed E-state index contributed by atoms with van der Waals surface area (Å²) in [5.74, 6) is 0. The molecule has 1 aliphatic heterocycles. The molecule has 0 spiro atoms. The molecule has 3 heteroatoms. The van der Waals surface area contributed by atoms with Gasteiger partial charge in [-0.2, -0.15) is 0 Å². The smallest absolute Gasteiger partial charge is 0.0891 e. The molecule has 0 amide bonds. The fourth-order valence-electron chi connectivity index (χ4n) is 3.06. The number of halogens is 1. The zero-order chi connectivity index (χ0) is 15.8. The highest BCUT2D eigenvalue weighted by Crippen LogP contribution is 2.27. The fourth-order valence-corrected chi connectivity index (χ4v) is 3.23. The molecule has 1 aromatic heterocycles. The number of aliphatic imine (C=N–C) groups is 1. The highest BCUT2D eigenvalue weighted by atomic mass is 35.5. The summed E-state index contributed by atoms with van der Waals surface area (Å²) in [6.45, 7) is 2.84. The number of aromatic nitrogens is 1. The van der Waals surface area contributed by atoms with E-state index in [0.29, 0.717) is 6.54 Å². The molecule has 3 aromatic rings. The molecule has 0 aliphatic carbocycles. The van der Waals surface area contributed by atoms with Gasteiger partial charge in [-0.3, -0.25) is 4.99 Å². The van der Waals surface area contributed by atoms with Crippen molar-refractivity contribution >= 4 is 17.3 Å². The SMILES string of the molecule is CCc1ccc(C2=NCc3ccc(Cl)cc3-n3cccc32)cc1. The van der Waals surface area contributed by atoms with Gasteiger partial charge in [0, 0.05) is 16.8 Å². The third kappa shape index (κ3) is 2.49. The van der Waals surface area contributed by atoms with Gasteiger partial charge in [-0.1, -0.05) is 48.9 Å². The molecule has 0 N–H and O–H groups in total. The quantitative estimate of drug-likeness (QED) is 0.629. The Balaban J connectivity index is 1.87. The molecule has 114 valence electrons. The van der Waals surface area contributed by atoms with Crippen molar-refractivity contribution in [3.05, 3.63) is 88.2 Å². The number of hydrogen-bond acceptors (Lipinski definition) is 1. The maximum absolute atomic E-state index is 6.20. The summed E-state index contributed by atoms with van der Waals surface area (Å²) in [4.78, 5) is 4.89. The fraction of sp³-hybridized carbons (Fsp3) is 0.150. The van der Waals surface area contributed by atoms with Gasteiger partial charge in [0.05, 0.1) is 23.6 Å². The van der Waals surface area contributed by atoms with Crippen molar-refractivity contribution in [3.63, 3.8) is 0 Å². The molecule has 23 heavy (non-hydrogen) atoms. The molecule has 2 heterocycles. The van der Waals surface area contributed by atoms with Crippen LogP contribution >= 0.6 is 11.6 Å². The first-order valence-electron chi connectivity index (χ1n) is 7.86. The van der Waals surface area contributed by atoms with Crippen LogP contribution in [0.4, 0.5) is 0 Å². The van der Waals surface area contributed by atoms with E-state index in [-0.39, 0.29) is 0 Å². The number of hydrogen-bond donors (Lipinski definition) is 0. The number of benzene rings is 2. The lowest BCUT2D eigenvalue weighted by molar-refractivity contribution is 1.02. The Labute approximate surface area is 141 Å². The molecule has 0 bridgehead atoms. The second-order valence-electron chi connectivity index (χ2n) is 5.75. The lowest BCUT2D eigenvalue weighted by atomic mass is 10.0. The Morgan fingerprint density at radius 3 is 2.70 bits per heavy atom. The van der Waals surface area contributed by atoms with E-state index in [4.69, 9.17) is 16.6 Å². The van der Waals surface area contributed by atoms with Gasteiger partial charge in [-0.05, 0) is 41.8 Å². The van der Waals surface area contributed by atoms with Crippen LogP contribution < -0.4 is 0 Å². The summed E-state index contributed by atoms with van der Waals surface area (Å²) >= 11 is 6.20. The summed E-state index contributed by atoms with van der Waals surface area (Å²) in [6, 6.07) is 18.9. The highest BCUT2D eigenvalue weighted by Gasteiger charge is 2.18. The molecule has 2 aromatic carbocycles. The van der Waals surface area contributed by atoms with Gasteiger partial charge in [0.2, 0.25) is 0 Å². The normalized spacial score (nSPS) is 13.0. The summed E-state index contributed by atoms with van der Waals surface area (Å²) in [5, 5.41) is 0.749. The standard InChI is InChI=1S/C20H17ClN2/c1-2-14-5-7-15(8-6-14)20-18-4-3-11-23(18)19-12-17(21)10-9-16(19)13-22-20/h3-12H,2,13H2,1H3. The molecule has 0 fully saturated rings. The van der Waals surface area contributed by atoms with Gasteiger partial charge in [-0.15, -0.1) is 0 Å². The second-order valence-corrected chi connectivity index (χ2v) is 6.19. The van der Waals surface area contributed by atoms with Crippen LogP contribution in [0, 0.1) is 0 Å². The molecule has 1 aliphatic rings. The average molecular weight is 321 g/mol. The van der Waals surface area contributed by atoms with Gasteiger partial charge in [0.15, 0.2) is 0 Å². The zero-order valence-corrected chi connectivity index (χ0v) is 13.7. The number of aryl methyl sites for hydroxylation is 1. The van der Waals surface area contributed by atoms with Crippen LogP contribution in [0.15, 0.2) is 65.8 Å². The first-order chi connectivity index (χ1) is 11.3. The summed E-state index contributed by atoms with van der Waals surface area (Å²) in [5.41, 5.74) is 6.93. The minimum atomic E-state index is 0.666. The minimum Gasteiger partial charge on any atom is -0.315 e. The van der Waals surface area contributed by atoms with E-state index in [2.05, 4.69) is 60.2 Å². The van der Waals surface area contributed by atoms with E-state index >= 15 is 0 Å². The molecular weight excluding hydrogens is 304 g/mol. The van der Waals surface area contributed by atoms with Crippen LogP contribution in [0.3, 0.4) is 0 Å². The van der Waals surface area contributed by atoms with E-state index in [1.54, 1.807) is 0 Å². The van der Waals surface area contributed by atoms with Crippen molar-refractivity contribution in [2.24, 2.45) is 4.99 Å². The van der Waals surface area contributed by atoms with Crippen LogP contribution in [0.5, 0.6) is 0 Å². The van der Waals surface area contributed by atoms with E-state index in [0.717, 1.165) is 34.1 Å². The Morgan fingerprint density at radius 1 is 1.09 bits per heavy atom. The van der Waals surface area contributed by atoms with Crippen LogP contribution in [-0.4, -0.2) is 10.3 Å². The molecule has 0 radical (unpaired) electrons. The topological polar surface area (TPSA) is 17.3 Å². The van der Waals surface area contributed by atoms with E-state index in [1.165, 1.54) is 11.1 Å². The predicted octanol–water partition coefficient (Wildman–Crippen LogP) is 5.04. The lowest BCUT2D eigenvalue weighted by Crippen LogP contribution is -2.08. The Kier molecular flexibility index (Phi) is 3.55.